The van der Waals surface area contributed by atoms with Crippen LogP contribution in [-0.2, 0) is 14.8 Å². The molecule has 0 saturated carbocycles. The Morgan fingerprint density at radius 2 is 1.96 bits per heavy atom. The molecule has 0 radical (unpaired) electrons. The first kappa shape index (κ1) is 17.8. The molecule has 0 aliphatic carbocycles. The number of benzene rings is 1. The van der Waals surface area contributed by atoms with Crippen LogP contribution in [0.15, 0.2) is 12.1 Å². The average molecular weight is 363 g/mol. The Kier molecular flexibility index (Phi) is 5.38. The lowest BCUT2D eigenvalue weighted by atomic mass is 10.2. The van der Waals surface area contributed by atoms with Crippen molar-refractivity contribution in [1.29, 1.82) is 0 Å². The second-order valence-electron chi connectivity index (χ2n) is 5.21. The number of hydrogen-bond donors (Lipinski definition) is 1. The van der Waals surface area contributed by atoms with Gasteiger partial charge >= 0.3 is 0 Å². The lowest BCUT2D eigenvalue weighted by Gasteiger charge is -2.22. The van der Waals surface area contributed by atoms with Crippen molar-refractivity contribution >= 4 is 33.2 Å². The van der Waals surface area contributed by atoms with Crippen molar-refractivity contribution in [2.45, 2.75) is 18.9 Å². The van der Waals surface area contributed by atoms with Crippen molar-refractivity contribution in [2.24, 2.45) is 0 Å². The van der Waals surface area contributed by atoms with E-state index in [1.54, 1.807) is 6.07 Å². The Balaban J connectivity index is 2.25. The van der Waals surface area contributed by atoms with E-state index in [2.05, 4.69) is 5.32 Å². The first-order valence-electron chi connectivity index (χ1n) is 6.97. The molecule has 1 aromatic carbocycles. The summed E-state index contributed by atoms with van der Waals surface area (Å²) in [5.41, 5.74) is 0.364. The second kappa shape index (κ2) is 6.94. The van der Waals surface area contributed by atoms with Gasteiger partial charge in [-0.3, -0.25) is 4.79 Å². The van der Waals surface area contributed by atoms with Gasteiger partial charge in [-0.2, -0.15) is 4.31 Å². The van der Waals surface area contributed by atoms with Crippen molar-refractivity contribution in [3.63, 3.8) is 0 Å². The van der Waals surface area contributed by atoms with Gasteiger partial charge in [0.15, 0.2) is 0 Å². The average Bonchev–Trinajstić information content (AvgIpc) is 2.97. The zero-order chi connectivity index (χ0) is 17.2. The van der Waals surface area contributed by atoms with Crippen molar-refractivity contribution in [3.8, 4) is 11.5 Å². The van der Waals surface area contributed by atoms with E-state index in [-0.39, 0.29) is 0 Å². The standard InChI is InChI=1S/C14H19ClN2O5S/c1-21-12-8-13(22-2)10(7-9(12)15)16-14(18)11-5-4-6-17(11)23(3,19)20/h7-8,11H,4-6H2,1-3H3,(H,16,18). The van der Waals surface area contributed by atoms with Crippen LogP contribution in [0.3, 0.4) is 0 Å². The molecule has 1 unspecified atom stereocenters. The SMILES string of the molecule is COc1cc(OC)c(NC(=O)C2CCCN2S(C)(=O)=O)cc1Cl. The first-order chi connectivity index (χ1) is 10.8. The lowest BCUT2D eigenvalue weighted by Crippen LogP contribution is -2.42. The zero-order valence-electron chi connectivity index (χ0n) is 13.1. The molecular formula is C14H19ClN2O5S. The fraction of sp³-hybridized carbons (Fsp3) is 0.500. The van der Waals surface area contributed by atoms with Crippen LogP contribution in [0.2, 0.25) is 5.02 Å². The Hall–Kier alpha value is -1.51. The first-order valence-corrected chi connectivity index (χ1v) is 9.19. The quantitative estimate of drug-likeness (QED) is 0.862. The Bertz CT molecular complexity index is 707. The third kappa shape index (κ3) is 3.88. The molecule has 0 aromatic heterocycles. The summed E-state index contributed by atoms with van der Waals surface area (Å²) in [6.07, 6.45) is 2.22. The van der Waals surface area contributed by atoms with Crippen molar-refractivity contribution in [3.05, 3.63) is 17.2 Å². The van der Waals surface area contributed by atoms with Gasteiger partial charge in [-0.15, -0.1) is 0 Å². The van der Waals surface area contributed by atoms with Crippen LogP contribution in [0.5, 0.6) is 11.5 Å². The Morgan fingerprint density at radius 1 is 1.30 bits per heavy atom. The van der Waals surface area contributed by atoms with Crippen LogP contribution < -0.4 is 14.8 Å². The minimum absolute atomic E-state index is 0.315. The van der Waals surface area contributed by atoms with Gasteiger partial charge in [0.25, 0.3) is 0 Å². The smallest absolute Gasteiger partial charge is 0.242 e. The predicted octanol–water partition coefficient (Wildman–Crippen LogP) is 1.72. The number of carbonyl (C=O) groups is 1. The van der Waals surface area contributed by atoms with Crippen LogP contribution >= 0.6 is 11.6 Å². The van der Waals surface area contributed by atoms with E-state index >= 15 is 0 Å². The lowest BCUT2D eigenvalue weighted by molar-refractivity contribution is -0.119. The number of ether oxygens (including phenoxy) is 2. The summed E-state index contributed by atoms with van der Waals surface area (Å²) in [5.74, 6) is 0.385. The summed E-state index contributed by atoms with van der Waals surface area (Å²) in [4.78, 5) is 12.5. The van der Waals surface area contributed by atoms with Gasteiger partial charge in [0.2, 0.25) is 15.9 Å². The maximum Gasteiger partial charge on any atom is 0.242 e. The molecule has 1 aliphatic heterocycles. The third-order valence-electron chi connectivity index (χ3n) is 3.66. The fourth-order valence-corrected chi connectivity index (χ4v) is 3.94. The van der Waals surface area contributed by atoms with Crippen molar-refractivity contribution < 1.29 is 22.7 Å². The second-order valence-corrected chi connectivity index (χ2v) is 7.55. The molecule has 1 amide bonds. The van der Waals surface area contributed by atoms with Gasteiger partial charge in [0, 0.05) is 12.6 Å². The van der Waals surface area contributed by atoms with E-state index in [9.17, 15) is 13.2 Å². The molecule has 1 fully saturated rings. The minimum atomic E-state index is -3.43. The number of sulfonamides is 1. The van der Waals surface area contributed by atoms with Crippen LogP contribution in [0.25, 0.3) is 0 Å². The van der Waals surface area contributed by atoms with E-state index in [0.29, 0.717) is 41.6 Å². The molecule has 2 rings (SSSR count). The maximum absolute atomic E-state index is 12.5. The summed E-state index contributed by atoms with van der Waals surface area (Å²) in [6, 6.07) is 2.34. The highest BCUT2D eigenvalue weighted by Gasteiger charge is 2.36. The number of anilines is 1. The topological polar surface area (TPSA) is 84.9 Å². The number of carbonyl (C=O) groups excluding carboxylic acids is 1. The minimum Gasteiger partial charge on any atom is -0.495 e. The molecule has 1 saturated heterocycles. The van der Waals surface area contributed by atoms with E-state index < -0.39 is 22.0 Å². The predicted molar refractivity (Wildman–Crippen MR) is 87.8 cm³/mol. The molecule has 23 heavy (non-hydrogen) atoms. The molecule has 0 bridgehead atoms. The molecule has 1 N–H and O–H groups in total. The van der Waals surface area contributed by atoms with Gasteiger partial charge in [0.05, 0.1) is 31.2 Å². The number of rotatable bonds is 5. The molecule has 0 spiro atoms. The van der Waals surface area contributed by atoms with E-state index in [0.717, 1.165) is 6.26 Å². The molecule has 1 aliphatic rings. The summed E-state index contributed by atoms with van der Waals surface area (Å²) < 4.78 is 35.0. The van der Waals surface area contributed by atoms with Crippen LogP contribution in [0.4, 0.5) is 5.69 Å². The van der Waals surface area contributed by atoms with Crippen molar-refractivity contribution in [2.75, 3.05) is 32.3 Å². The van der Waals surface area contributed by atoms with Crippen LogP contribution in [0, 0.1) is 0 Å². The zero-order valence-corrected chi connectivity index (χ0v) is 14.7. The summed E-state index contributed by atoms with van der Waals surface area (Å²) >= 11 is 6.06. The highest BCUT2D eigenvalue weighted by molar-refractivity contribution is 7.88. The highest BCUT2D eigenvalue weighted by atomic mass is 35.5. The number of hydrogen-bond acceptors (Lipinski definition) is 5. The molecule has 7 nitrogen and oxygen atoms in total. The molecular weight excluding hydrogens is 344 g/mol. The molecule has 1 heterocycles. The van der Waals surface area contributed by atoms with Crippen LogP contribution in [-0.4, -0.2) is 51.7 Å². The third-order valence-corrected chi connectivity index (χ3v) is 5.25. The number of amides is 1. The number of nitrogens with zero attached hydrogens (tertiary/aromatic N) is 1. The summed E-state index contributed by atoms with van der Waals surface area (Å²) in [5, 5.41) is 3.00. The molecule has 128 valence electrons. The normalized spacial score (nSPS) is 18.7. The van der Waals surface area contributed by atoms with Gasteiger partial charge in [-0.05, 0) is 18.9 Å². The van der Waals surface area contributed by atoms with Crippen molar-refractivity contribution in [1.82, 2.24) is 4.31 Å². The van der Waals surface area contributed by atoms with Gasteiger partial charge < -0.3 is 14.8 Å². The summed E-state index contributed by atoms with van der Waals surface area (Å²) in [6.45, 7) is 0.345. The fourth-order valence-electron chi connectivity index (χ4n) is 2.57. The number of halogens is 1. The largest absolute Gasteiger partial charge is 0.495 e. The number of nitrogens with one attached hydrogen (secondary N) is 1. The van der Waals surface area contributed by atoms with Crippen LogP contribution in [0.1, 0.15) is 12.8 Å². The van der Waals surface area contributed by atoms with Gasteiger partial charge in [-0.25, -0.2) is 8.42 Å². The maximum atomic E-state index is 12.5. The van der Waals surface area contributed by atoms with Gasteiger partial charge in [0.1, 0.15) is 17.5 Å². The van der Waals surface area contributed by atoms with E-state index in [1.807, 2.05) is 0 Å². The highest BCUT2D eigenvalue weighted by Crippen LogP contribution is 2.36. The van der Waals surface area contributed by atoms with E-state index in [4.69, 9.17) is 21.1 Å². The Labute approximate surface area is 140 Å². The number of methoxy groups -OCH3 is 2. The summed E-state index contributed by atoms with van der Waals surface area (Å²) in [7, 11) is -0.500. The molecule has 1 atom stereocenters. The van der Waals surface area contributed by atoms with Gasteiger partial charge in [-0.1, -0.05) is 11.6 Å². The molecule has 1 aromatic rings. The van der Waals surface area contributed by atoms with E-state index in [1.165, 1.54) is 24.6 Å². The Morgan fingerprint density at radius 3 is 2.52 bits per heavy atom. The monoisotopic (exact) mass is 362 g/mol. The molecule has 9 heteroatoms.